The summed E-state index contributed by atoms with van der Waals surface area (Å²) in [5.41, 5.74) is 0. The molecule has 0 fully saturated rings. The zero-order valence-corrected chi connectivity index (χ0v) is 7.77. The van der Waals surface area contributed by atoms with Gasteiger partial charge in [-0.1, -0.05) is 6.08 Å². The Kier molecular flexibility index (Phi) is 1.86. The number of hydrogen-bond acceptors (Lipinski definition) is 2. The van der Waals surface area contributed by atoms with Gasteiger partial charge in [-0.2, -0.15) is 0 Å². The van der Waals surface area contributed by atoms with E-state index in [-0.39, 0.29) is 0 Å². The molecule has 0 saturated carbocycles. The second-order valence-corrected chi connectivity index (χ2v) is 3.56. The molecular weight excluding hydrogens is 169 g/mol. The zero-order valence-electron chi connectivity index (χ0n) is 6.62. The highest BCUT2D eigenvalue weighted by Crippen LogP contribution is 2.14. The van der Waals surface area contributed by atoms with Gasteiger partial charge in [-0.3, -0.25) is 4.98 Å². The quantitative estimate of drug-likeness (QED) is 0.583. The van der Waals surface area contributed by atoms with Crippen LogP contribution in [-0.2, 0) is 0 Å². The van der Waals surface area contributed by atoms with Gasteiger partial charge in [-0.25, -0.2) is 0 Å². The Bertz CT molecular complexity index is 425. The third kappa shape index (κ3) is 1.12. The second kappa shape index (κ2) is 2.87. The average molecular weight is 179 g/mol. The topological polar surface area (TPSA) is 33.1 Å². The lowest BCUT2D eigenvalue weighted by Crippen LogP contribution is -2.31. The molecule has 62 valence electrons. The van der Waals surface area contributed by atoms with Gasteiger partial charge in [-0.05, 0) is 24.2 Å². The van der Waals surface area contributed by atoms with Crippen LogP contribution in [0.15, 0.2) is 12.3 Å². The maximum absolute atomic E-state index is 9.48. The third-order valence-electron chi connectivity index (χ3n) is 2.03. The molecule has 0 saturated heterocycles. The Labute approximate surface area is 72.8 Å². The van der Waals surface area contributed by atoms with Gasteiger partial charge in [0.1, 0.15) is 5.75 Å². The smallest absolute Gasteiger partial charge is 0.126 e. The van der Waals surface area contributed by atoms with Crippen LogP contribution in [0.4, 0.5) is 0 Å². The molecule has 0 bridgehead atoms. The van der Waals surface area contributed by atoms with Crippen molar-refractivity contribution in [2.75, 3.05) is 0 Å². The summed E-state index contributed by atoms with van der Waals surface area (Å²) in [5, 5.41) is 12.5. The summed E-state index contributed by atoms with van der Waals surface area (Å²) in [7, 11) is 2.68. The van der Waals surface area contributed by atoms with Crippen molar-refractivity contribution in [3.05, 3.63) is 22.8 Å². The van der Waals surface area contributed by atoms with Gasteiger partial charge in [0.2, 0.25) is 0 Å². The molecule has 12 heavy (non-hydrogen) atoms. The van der Waals surface area contributed by atoms with Gasteiger partial charge in [0, 0.05) is 11.4 Å². The van der Waals surface area contributed by atoms with Crippen molar-refractivity contribution in [2.45, 2.75) is 12.8 Å². The van der Waals surface area contributed by atoms with E-state index in [1.165, 1.54) is 5.31 Å². The third-order valence-corrected chi connectivity index (χ3v) is 2.60. The SMILES string of the molecule is Oc1ccnc2c1=CCCC=2P. The summed E-state index contributed by atoms with van der Waals surface area (Å²) in [6.45, 7) is 0. The molecule has 0 aliphatic heterocycles. The molecule has 1 aliphatic carbocycles. The highest BCUT2D eigenvalue weighted by molar-refractivity contribution is 7.30. The van der Waals surface area contributed by atoms with Crippen LogP contribution in [0.2, 0.25) is 0 Å². The lowest BCUT2D eigenvalue weighted by atomic mass is 10.1. The number of rotatable bonds is 0. The van der Waals surface area contributed by atoms with Crippen molar-refractivity contribution >= 4 is 20.6 Å². The molecule has 0 radical (unpaired) electrons. The molecule has 1 aromatic heterocycles. The predicted molar refractivity (Wildman–Crippen MR) is 52.0 cm³/mol. The minimum Gasteiger partial charge on any atom is -0.507 e. The standard InChI is InChI=1S/C9H10NOP/c11-7-4-5-10-9-6(7)2-1-3-8(9)12/h2,4-5,11H,1,3,12H2. The van der Waals surface area contributed by atoms with Crippen LogP contribution in [0, 0.1) is 0 Å². The van der Waals surface area contributed by atoms with Crippen molar-refractivity contribution in [3.63, 3.8) is 0 Å². The fourth-order valence-corrected chi connectivity index (χ4v) is 1.81. The van der Waals surface area contributed by atoms with Crippen molar-refractivity contribution in [1.82, 2.24) is 4.98 Å². The summed E-state index contributed by atoms with van der Waals surface area (Å²) in [6, 6.07) is 1.62. The van der Waals surface area contributed by atoms with Crippen molar-refractivity contribution in [2.24, 2.45) is 0 Å². The van der Waals surface area contributed by atoms with Gasteiger partial charge in [0.15, 0.2) is 0 Å². The molecule has 1 N–H and O–H groups in total. The first kappa shape index (κ1) is 7.75. The first-order chi connectivity index (χ1) is 5.79. The Morgan fingerprint density at radius 1 is 1.50 bits per heavy atom. The van der Waals surface area contributed by atoms with E-state index < -0.39 is 0 Å². The molecule has 0 spiro atoms. The number of nitrogens with zero attached hydrogens (tertiary/aromatic N) is 1. The van der Waals surface area contributed by atoms with Crippen LogP contribution >= 0.6 is 9.24 Å². The molecule has 2 nitrogen and oxygen atoms in total. The number of pyridine rings is 1. The summed E-state index contributed by atoms with van der Waals surface area (Å²) in [6.07, 6.45) is 5.68. The van der Waals surface area contributed by atoms with Crippen molar-refractivity contribution < 1.29 is 5.11 Å². The maximum atomic E-state index is 9.48. The molecular formula is C9H10NOP. The fraction of sp³-hybridized carbons (Fsp3) is 0.222. The van der Waals surface area contributed by atoms with E-state index in [0.29, 0.717) is 5.75 Å². The van der Waals surface area contributed by atoms with Crippen LogP contribution in [0.5, 0.6) is 5.75 Å². The lowest BCUT2D eigenvalue weighted by Gasteiger charge is -2.05. The first-order valence-corrected chi connectivity index (χ1v) is 4.49. The van der Waals surface area contributed by atoms with E-state index >= 15 is 0 Å². The van der Waals surface area contributed by atoms with E-state index in [2.05, 4.69) is 14.2 Å². The highest BCUT2D eigenvalue weighted by atomic mass is 31.0. The van der Waals surface area contributed by atoms with Gasteiger partial charge in [0.05, 0.1) is 5.35 Å². The van der Waals surface area contributed by atoms with Crippen LogP contribution in [0.1, 0.15) is 12.8 Å². The maximum Gasteiger partial charge on any atom is 0.126 e. The second-order valence-electron chi connectivity index (χ2n) is 2.86. The summed E-state index contributed by atoms with van der Waals surface area (Å²) in [5.74, 6) is 0.333. The van der Waals surface area contributed by atoms with Crippen molar-refractivity contribution in [3.8, 4) is 5.75 Å². The number of hydrogen-bond donors (Lipinski definition) is 1. The molecule has 3 heteroatoms. The van der Waals surface area contributed by atoms with E-state index in [4.69, 9.17) is 0 Å². The molecule has 2 rings (SSSR count). The summed E-state index contributed by atoms with van der Waals surface area (Å²) < 4.78 is 0. The molecule has 0 amide bonds. The summed E-state index contributed by atoms with van der Waals surface area (Å²) in [4.78, 5) is 4.21. The minimum absolute atomic E-state index is 0.333. The minimum atomic E-state index is 0.333. The van der Waals surface area contributed by atoms with Gasteiger partial charge < -0.3 is 5.11 Å². The van der Waals surface area contributed by atoms with Gasteiger partial charge in [0.25, 0.3) is 0 Å². The van der Waals surface area contributed by atoms with Gasteiger partial charge in [-0.15, -0.1) is 9.24 Å². The predicted octanol–water partition coefficient (Wildman–Crippen LogP) is 0.345. The fourth-order valence-electron chi connectivity index (χ4n) is 1.41. The number of aromatic nitrogens is 1. The molecule has 1 heterocycles. The van der Waals surface area contributed by atoms with Crippen LogP contribution in [0.3, 0.4) is 0 Å². The Hall–Kier alpha value is -0.880. The Balaban J connectivity index is 2.93. The van der Waals surface area contributed by atoms with Crippen LogP contribution < -0.4 is 10.6 Å². The van der Waals surface area contributed by atoms with Gasteiger partial charge >= 0.3 is 0 Å². The normalized spacial score (nSPS) is 15.2. The molecule has 1 atom stereocenters. The van der Waals surface area contributed by atoms with E-state index in [1.807, 2.05) is 6.08 Å². The van der Waals surface area contributed by atoms with Crippen LogP contribution in [-0.4, -0.2) is 10.1 Å². The monoisotopic (exact) mass is 179 g/mol. The average Bonchev–Trinajstić information content (AvgIpc) is 2.07. The molecule has 1 aliphatic rings. The zero-order chi connectivity index (χ0) is 8.55. The molecule has 1 aromatic rings. The Morgan fingerprint density at radius 2 is 2.33 bits per heavy atom. The number of aromatic hydroxyl groups is 1. The van der Waals surface area contributed by atoms with E-state index in [1.54, 1.807) is 12.3 Å². The molecule has 1 unspecified atom stereocenters. The first-order valence-electron chi connectivity index (χ1n) is 3.92. The molecule has 0 aromatic carbocycles. The van der Waals surface area contributed by atoms with E-state index in [9.17, 15) is 5.11 Å². The van der Waals surface area contributed by atoms with Crippen LogP contribution in [0.25, 0.3) is 11.4 Å². The lowest BCUT2D eigenvalue weighted by molar-refractivity contribution is 0.468. The highest BCUT2D eigenvalue weighted by Gasteiger charge is 2.03. The Morgan fingerprint density at radius 3 is 3.08 bits per heavy atom. The van der Waals surface area contributed by atoms with Crippen molar-refractivity contribution in [1.29, 1.82) is 0 Å². The largest absolute Gasteiger partial charge is 0.507 e. The summed E-state index contributed by atoms with van der Waals surface area (Å²) >= 11 is 0. The van der Waals surface area contributed by atoms with E-state index in [0.717, 1.165) is 23.4 Å². The number of fused-ring (bicyclic) bond motifs is 1.